The Labute approximate surface area is 239 Å². The third kappa shape index (κ3) is 5.72. The molecule has 0 atom stereocenters. The lowest BCUT2D eigenvalue weighted by atomic mass is 9.82. The van der Waals surface area contributed by atoms with Crippen LogP contribution in [0.3, 0.4) is 0 Å². The number of piperidine rings is 1. The number of benzene rings is 3. The maximum atomic E-state index is 14.4. The zero-order valence-electron chi connectivity index (χ0n) is 22.0. The monoisotopic (exact) mass is 576 g/mol. The zero-order chi connectivity index (χ0) is 27.7. The molecule has 0 unspecified atom stereocenters. The van der Waals surface area contributed by atoms with Gasteiger partial charge in [0.2, 0.25) is 0 Å². The molecule has 6 rings (SSSR count). The number of para-hydroxylation sites is 1. The van der Waals surface area contributed by atoms with Crippen molar-refractivity contribution < 1.29 is 17.5 Å². The number of nitrogens with zero attached hydrogens (tertiary/aromatic N) is 2. The van der Waals surface area contributed by atoms with Gasteiger partial charge in [-0.15, -0.1) is 0 Å². The number of fused-ring (bicyclic) bond motifs is 1. The maximum Gasteiger partial charge on any atom is 0.160 e. The van der Waals surface area contributed by atoms with Gasteiger partial charge in [0.25, 0.3) is 0 Å². The molecule has 0 amide bonds. The van der Waals surface area contributed by atoms with E-state index in [1.165, 1.54) is 11.6 Å². The number of anilines is 1. The van der Waals surface area contributed by atoms with Gasteiger partial charge in [0.05, 0.1) is 27.9 Å². The van der Waals surface area contributed by atoms with E-state index >= 15 is 0 Å². The minimum absolute atomic E-state index is 0.0233. The first-order chi connectivity index (χ1) is 19.3. The van der Waals surface area contributed by atoms with E-state index in [1.807, 2.05) is 35.2 Å². The van der Waals surface area contributed by atoms with E-state index in [1.54, 1.807) is 36.5 Å². The van der Waals surface area contributed by atoms with Gasteiger partial charge in [-0.25, -0.2) is 12.8 Å². The quantitative estimate of drug-likeness (QED) is 0.247. The highest BCUT2D eigenvalue weighted by Crippen LogP contribution is 2.42. The fourth-order valence-corrected chi connectivity index (χ4v) is 7.50. The van der Waals surface area contributed by atoms with Crippen molar-refractivity contribution in [2.75, 3.05) is 18.0 Å². The molecular weight excluding hydrogens is 547 g/mol. The van der Waals surface area contributed by atoms with Crippen molar-refractivity contribution in [2.24, 2.45) is 0 Å². The van der Waals surface area contributed by atoms with Crippen LogP contribution in [0.2, 0.25) is 5.02 Å². The van der Waals surface area contributed by atoms with Gasteiger partial charge in [-0.3, -0.25) is 4.98 Å². The number of aryl methyl sites for hydroxylation is 1. The van der Waals surface area contributed by atoms with Crippen LogP contribution in [0.25, 0.3) is 11.1 Å². The lowest BCUT2D eigenvalue weighted by Crippen LogP contribution is -2.50. The number of rotatable bonds is 6. The van der Waals surface area contributed by atoms with Crippen molar-refractivity contribution in [1.29, 1.82) is 0 Å². The number of sulfone groups is 1. The van der Waals surface area contributed by atoms with Crippen LogP contribution in [-0.2, 0) is 27.8 Å². The topological polar surface area (TPSA) is 59.5 Å². The summed E-state index contributed by atoms with van der Waals surface area (Å²) in [6.07, 6.45) is 5.05. The molecule has 5 nitrogen and oxygen atoms in total. The largest absolute Gasteiger partial charge is 0.487 e. The first-order valence-electron chi connectivity index (χ1n) is 13.5. The average molecular weight is 577 g/mol. The molecule has 1 spiro atoms. The van der Waals surface area contributed by atoms with E-state index < -0.39 is 9.84 Å². The van der Waals surface area contributed by atoms with Crippen LogP contribution in [-0.4, -0.2) is 32.1 Å². The number of hydrogen-bond donors (Lipinski definition) is 0. The van der Waals surface area contributed by atoms with Gasteiger partial charge in [0.15, 0.2) is 9.84 Å². The summed E-state index contributed by atoms with van der Waals surface area (Å²) in [5.74, 6) is 0.524. The van der Waals surface area contributed by atoms with Gasteiger partial charge < -0.3 is 9.64 Å². The van der Waals surface area contributed by atoms with Gasteiger partial charge in [-0.1, -0.05) is 54.1 Å². The molecule has 2 aliphatic heterocycles. The van der Waals surface area contributed by atoms with Crippen molar-refractivity contribution in [3.8, 4) is 16.9 Å². The molecule has 40 heavy (non-hydrogen) atoms. The lowest BCUT2D eigenvalue weighted by molar-refractivity contribution is 0.0225. The van der Waals surface area contributed by atoms with Gasteiger partial charge in [0.1, 0.15) is 17.2 Å². The van der Waals surface area contributed by atoms with Crippen LogP contribution in [0.5, 0.6) is 5.75 Å². The second kappa shape index (κ2) is 10.9. The van der Waals surface area contributed by atoms with Gasteiger partial charge in [0, 0.05) is 32.1 Å². The molecule has 0 N–H and O–H groups in total. The van der Waals surface area contributed by atoms with Crippen LogP contribution in [0.4, 0.5) is 10.1 Å². The minimum Gasteiger partial charge on any atom is -0.487 e. The summed E-state index contributed by atoms with van der Waals surface area (Å²) in [5, 5.41) is 0.442. The molecule has 1 fully saturated rings. The van der Waals surface area contributed by atoms with Crippen molar-refractivity contribution in [3.63, 3.8) is 0 Å². The second-order valence-corrected chi connectivity index (χ2v) is 13.2. The van der Waals surface area contributed by atoms with Crippen LogP contribution >= 0.6 is 11.6 Å². The molecule has 3 aromatic carbocycles. The molecule has 0 saturated carbocycles. The average Bonchev–Trinajstić information content (AvgIpc) is 2.94. The van der Waals surface area contributed by atoms with E-state index in [-0.39, 0.29) is 22.9 Å². The van der Waals surface area contributed by atoms with Gasteiger partial charge in [-0.2, -0.15) is 0 Å². The summed E-state index contributed by atoms with van der Waals surface area (Å²) in [6.45, 7) is 1.38. The molecule has 0 radical (unpaired) electrons. The van der Waals surface area contributed by atoms with Gasteiger partial charge in [-0.05, 0) is 71.5 Å². The number of halogens is 2. The Morgan fingerprint density at radius 3 is 2.40 bits per heavy atom. The summed E-state index contributed by atoms with van der Waals surface area (Å²) in [6, 6.07) is 24.1. The highest BCUT2D eigenvalue weighted by Gasteiger charge is 2.40. The Bertz CT molecular complexity index is 1600. The third-order valence-corrected chi connectivity index (χ3v) is 9.75. The first kappa shape index (κ1) is 26.8. The fraction of sp³-hybridized carbons (Fsp3) is 0.281. The van der Waals surface area contributed by atoms with E-state index in [9.17, 15) is 12.8 Å². The smallest absolute Gasteiger partial charge is 0.160 e. The molecule has 1 saturated heterocycles. The molecule has 4 aromatic rings. The van der Waals surface area contributed by atoms with Crippen LogP contribution in [0.15, 0.2) is 85.1 Å². The molecule has 0 bridgehead atoms. The minimum atomic E-state index is -3.32. The zero-order valence-corrected chi connectivity index (χ0v) is 23.6. The van der Waals surface area contributed by atoms with Crippen LogP contribution in [0.1, 0.15) is 36.1 Å². The van der Waals surface area contributed by atoms with Crippen molar-refractivity contribution in [2.45, 2.75) is 42.8 Å². The first-order valence-corrected chi connectivity index (χ1v) is 15.7. The van der Waals surface area contributed by atoms with E-state index in [2.05, 4.69) is 17.1 Å². The SMILES string of the molecule is O=S(=O)(Cc1ccc(-c2ccc3c(c2)CCC2(CCN(c4c(F)cccc4Cl)CC2)O3)cc1)Cc1ccccn1. The summed E-state index contributed by atoms with van der Waals surface area (Å²) < 4.78 is 46.3. The summed E-state index contributed by atoms with van der Waals surface area (Å²) in [5.41, 5.74) is 4.82. The van der Waals surface area contributed by atoms with Crippen LogP contribution in [0, 0.1) is 5.82 Å². The fourth-order valence-electron chi connectivity index (χ4n) is 5.79. The Balaban J connectivity index is 1.11. The normalized spacial score (nSPS) is 16.4. The number of aromatic nitrogens is 1. The van der Waals surface area contributed by atoms with Crippen molar-refractivity contribution in [1.82, 2.24) is 4.98 Å². The third-order valence-electron chi connectivity index (χ3n) is 7.93. The van der Waals surface area contributed by atoms with Crippen molar-refractivity contribution in [3.05, 3.63) is 113 Å². The number of ether oxygens (including phenoxy) is 1. The van der Waals surface area contributed by atoms with Crippen LogP contribution < -0.4 is 9.64 Å². The number of hydrogen-bond acceptors (Lipinski definition) is 5. The van der Waals surface area contributed by atoms with E-state index in [0.717, 1.165) is 48.1 Å². The van der Waals surface area contributed by atoms with Crippen molar-refractivity contribution >= 4 is 27.1 Å². The Morgan fingerprint density at radius 2 is 1.68 bits per heavy atom. The summed E-state index contributed by atoms with van der Waals surface area (Å²) >= 11 is 6.30. The highest BCUT2D eigenvalue weighted by molar-refractivity contribution is 7.89. The Hall–Kier alpha value is -3.42. The summed E-state index contributed by atoms with van der Waals surface area (Å²) in [4.78, 5) is 6.16. The second-order valence-electron chi connectivity index (χ2n) is 10.7. The molecule has 1 aromatic heterocycles. The van der Waals surface area contributed by atoms with E-state index in [4.69, 9.17) is 16.3 Å². The van der Waals surface area contributed by atoms with E-state index in [0.29, 0.717) is 29.5 Å². The standard InChI is InChI=1S/C32H30ClFN2O3S/c33-28-5-3-6-29(34)31(28)36-18-15-32(16-19-36)14-13-26-20-25(11-12-30(26)39-32)24-9-7-23(8-10-24)21-40(37,38)22-27-4-1-2-17-35-27/h1-12,17,20H,13-16,18-19,21-22H2. The molecule has 206 valence electrons. The molecule has 3 heterocycles. The maximum absolute atomic E-state index is 14.4. The predicted octanol–water partition coefficient (Wildman–Crippen LogP) is 7.02. The Morgan fingerprint density at radius 1 is 0.900 bits per heavy atom. The molecule has 0 aliphatic carbocycles. The Kier molecular flexibility index (Phi) is 7.27. The molecule has 8 heteroatoms. The lowest BCUT2D eigenvalue weighted by Gasteiger charge is -2.45. The predicted molar refractivity (Wildman–Crippen MR) is 157 cm³/mol. The molecular formula is C32H30ClFN2O3S. The summed E-state index contributed by atoms with van der Waals surface area (Å²) in [7, 11) is -3.32. The molecule has 2 aliphatic rings. The highest BCUT2D eigenvalue weighted by atomic mass is 35.5. The number of pyridine rings is 1. The van der Waals surface area contributed by atoms with Gasteiger partial charge >= 0.3 is 0 Å².